The minimum absolute atomic E-state index is 0.00503. The zero-order chi connectivity index (χ0) is 32.2. The molecule has 0 bridgehead atoms. The van der Waals surface area contributed by atoms with Gasteiger partial charge in [-0.3, -0.25) is 13.9 Å². The number of pyridine rings is 1. The maximum absolute atomic E-state index is 15.3. The number of thiocarbonyl (C=S) groups is 1. The zero-order valence-corrected chi connectivity index (χ0v) is 25.4. The second-order valence-electron chi connectivity index (χ2n) is 10.7. The van der Waals surface area contributed by atoms with Gasteiger partial charge in [0.2, 0.25) is 5.43 Å². The van der Waals surface area contributed by atoms with Gasteiger partial charge in [0, 0.05) is 50.2 Å². The van der Waals surface area contributed by atoms with E-state index in [0.717, 1.165) is 18.9 Å². The molecule has 2 aliphatic rings. The van der Waals surface area contributed by atoms with Gasteiger partial charge in [-0.25, -0.2) is 9.18 Å². The quantitative estimate of drug-likeness (QED) is 0.150. The Balaban J connectivity index is 1.26. The molecule has 0 atom stereocenters. The highest BCUT2D eigenvalue weighted by Gasteiger charge is 2.59. The maximum Gasteiger partial charge on any atom is 0.369 e. The number of ether oxygens (including phenoxy) is 1. The molecule has 6 N–H and O–H groups in total. The highest BCUT2D eigenvalue weighted by atomic mass is 32.1. The number of aromatic nitrogens is 1. The van der Waals surface area contributed by atoms with Crippen molar-refractivity contribution in [2.45, 2.75) is 30.4 Å². The summed E-state index contributed by atoms with van der Waals surface area (Å²) in [7, 11) is -11.2. The lowest BCUT2D eigenvalue weighted by atomic mass is 10.1. The zero-order valence-electron chi connectivity index (χ0n) is 22.8. The monoisotopic (exact) mass is 671 g/mol. The molecule has 0 amide bonds. The molecule has 0 spiro atoms. The van der Waals surface area contributed by atoms with Crippen LogP contribution in [0.3, 0.4) is 0 Å². The minimum atomic E-state index is -5.61. The molecule has 236 valence electrons. The third-order valence-electron chi connectivity index (χ3n) is 7.65. The van der Waals surface area contributed by atoms with E-state index >= 15 is 4.39 Å². The summed E-state index contributed by atoms with van der Waals surface area (Å²) >= 11 is 5.40. The van der Waals surface area contributed by atoms with Crippen LogP contribution >= 0.6 is 27.4 Å². The first-order chi connectivity index (χ1) is 20.5. The van der Waals surface area contributed by atoms with E-state index in [4.69, 9.17) is 17.0 Å². The van der Waals surface area contributed by atoms with Crippen LogP contribution in [0.15, 0.2) is 47.4 Å². The number of aromatic carboxylic acids is 1. The van der Waals surface area contributed by atoms with Crippen molar-refractivity contribution in [3.63, 3.8) is 0 Å². The number of halogens is 1. The molecule has 1 aromatic heterocycles. The molecule has 2 fully saturated rings. The standard InChI is InChI=1S/C26H28FN3O11P2S/c27-20-11-18-21(30(16-3-4-16)14-19(23(18)31)24(32)33)12-22(20)28-7-9-29(10-8-28)25(44)41-17-5-1-15(2-6-17)13-26(34,42(35,36)37)43(38,39)40/h1-2,5-6,11-12,14,16,34H,3-4,7-10,13H2,(H,32,33)(H2,35,36,37)(H2,38,39,40). The van der Waals surface area contributed by atoms with Crippen molar-refractivity contribution in [2.24, 2.45) is 0 Å². The van der Waals surface area contributed by atoms with Crippen LogP contribution < -0.4 is 15.1 Å². The fraction of sp³-hybridized carbons (Fsp3) is 0.346. The molecule has 5 rings (SSSR count). The average molecular weight is 672 g/mol. The lowest BCUT2D eigenvalue weighted by Gasteiger charge is -2.37. The summed E-state index contributed by atoms with van der Waals surface area (Å²) in [6.45, 7) is 1.38. The summed E-state index contributed by atoms with van der Waals surface area (Å²) in [6.07, 6.45) is 1.95. The molecule has 2 aromatic carbocycles. The number of aliphatic hydroxyl groups is 1. The van der Waals surface area contributed by atoms with Crippen molar-refractivity contribution >= 4 is 55.1 Å². The van der Waals surface area contributed by atoms with Gasteiger partial charge >= 0.3 is 21.2 Å². The number of carboxylic acids is 1. The lowest BCUT2D eigenvalue weighted by Crippen LogP contribution is -2.49. The molecule has 2 heterocycles. The van der Waals surface area contributed by atoms with Gasteiger partial charge in [-0.05, 0) is 54.9 Å². The van der Waals surface area contributed by atoms with Crippen LogP contribution in [0.25, 0.3) is 10.9 Å². The highest BCUT2D eigenvalue weighted by molar-refractivity contribution is 7.80. The van der Waals surface area contributed by atoms with Gasteiger partial charge in [-0.2, -0.15) is 0 Å². The van der Waals surface area contributed by atoms with E-state index in [1.807, 2.05) is 0 Å². The van der Waals surface area contributed by atoms with Crippen LogP contribution in [-0.4, -0.2) is 81.7 Å². The number of benzene rings is 2. The first-order valence-corrected chi connectivity index (χ1v) is 16.9. The number of nitrogens with zero attached hydrogens (tertiary/aromatic N) is 3. The topological polar surface area (TPSA) is 210 Å². The Morgan fingerprint density at radius 3 is 2.14 bits per heavy atom. The Hall–Kier alpha value is -3.20. The van der Waals surface area contributed by atoms with Gasteiger partial charge in [0.1, 0.15) is 17.1 Å². The molecule has 44 heavy (non-hydrogen) atoms. The van der Waals surface area contributed by atoms with E-state index in [1.165, 1.54) is 30.5 Å². The molecule has 1 saturated carbocycles. The molecule has 18 heteroatoms. The summed E-state index contributed by atoms with van der Waals surface area (Å²) in [5.74, 6) is -1.80. The Morgan fingerprint density at radius 1 is 1.02 bits per heavy atom. The van der Waals surface area contributed by atoms with E-state index in [0.29, 0.717) is 31.7 Å². The first kappa shape index (κ1) is 32.2. The molecule has 3 aromatic rings. The smallest absolute Gasteiger partial charge is 0.369 e. The van der Waals surface area contributed by atoms with Crippen molar-refractivity contribution in [3.8, 4) is 5.75 Å². The fourth-order valence-corrected chi connectivity index (χ4v) is 7.44. The largest absolute Gasteiger partial charge is 0.477 e. The first-order valence-electron chi connectivity index (χ1n) is 13.3. The van der Waals surface area contributed by atoms with Crippen LogP contribution in [0, 0.1) is 5.82 Å². The number of anilines is 1. The van der Waals surface area contributed by atoms with Gasteiger partial charge in [0.15, 0.2) is 0 Å². The number of fused-ring (bicyclic) bond motifs is 1. The second-order valence-corrected chi connectivity index (χ2v) is 15.0. The third kappa shape index (κ3) is 6.17. The molecule has 1 aliphatic carbocycles. The summed E-state index contributed by atoms with van der Waals surface area (Å²) in [6, 6.07) is 7.96. The van der Waals surface area contributed by atoms with Crippen molar-refractivity contribution in [1.29, 1.82) is 0 Å². The Bertz CT molecular complexity index is 1770. The van der Waals surface area contributed by atoms with E-state index in [1.54, 1.807) is 20.4 Å². The number of carboxylic acid groups (broad SMARTS) is 1. The summed E-state index contributed by atoms with van der Waals surface area (Å²) in [4.78, 5) is 65.2. The predicted molar refractivity (Wildman–Crippen MR) is 160 cm³/mol. The minimum Gasteiger partial charge on any atom is -0.477 e. The summed E-state index contributed by atoms with van der Waals surface area (Å²) in [5.41, 5.74) is -0.396. The normalized spacial score (nSPS) is 16.3. The van der Waals surface area contributed by atoms with Gasteiger partial charge in [-0.1, -0.05) is 12.1 Å². The van der Waals surface area contributed by atoms with Crippen molar-refractivity contribution in [1.82, 2.24) is 9.47 Å². The second kappa shape index (κ2) is 11.6. The van der Waals surface area contributed by atoms with Gasteiger partial charge < -0.3 is 48.9 Å². The fourth-order valence-electron chi connectivity index (χ4n) is 5.03. The predicted octanol–water partition coefficient (Wildman–Crippen LogP) is 2.20. The number of hydrogen-bond acceptors (Lipinski definition) is 8. The van der Waals surface area contributed by atoms with Crippen molar-refractivity contribution in [3.05, 3.63) is 69.8 Å². The van der Waals surface area contributed by atoms with E-state index < -0.39 is 49.5 Å². The maximum atomic E-state index is 15.3. The Morgan fingerprint density at radius 2 is 1.61 bits per heavy atom. The molecular formula is C26H28FN3O11P2S. The molecule has 1 saturated heterocycles. The van der Waals surface area contributed by atoms with E-state index in [-0.39, 0.29) is 33.6 Å². The van der Waals surface area contributed by atoms with Gasteiger partial charge in [0.05, 0.1) is 11.2 Å². The lowest BCUT2D eigenvalue weighted by molar-refractivity contribution is 0.0694. The average Bonchev–Trinajstić information content (AvgIpc) is 3.78. The molecule has 0 unspecified atom stereocenters. The van der Waals surface area contributed by atoms with E-state index in [2.05, 4.69) is 0 Å². The Labute approximate surface area is 254 Å². The molecule has 0 radical (unpaired) electrons. The van der Waals surface area contributed by atoms with Crippen LogP contribution in [-0.2, 0) is 15.6 Å². The van der Waals surface area contributed by atoms with Gasteiger partial charge in [-0.15, -0.1) is 0 Å². The number of hydrogen-bond donors (Lipinski definition) is 6. The molecular weight excluding hydrogens is 643 g/mol. The van der Waals surface area contributed by atoms with E-state index in [9.17, 15) is 48.5 Å². The highest BCUT2D eigenvalue weighted by Crippen LogP contribution is 2.68. The SMILES string of the molecule is O=C(O)c1cn(C2CC2)c2cc(N3CCN(C(=S)Oc4ccc(CC(O)(P(=O)(O)O)P(=O)(O)O)cc4)CC3)c(F)cc2c1=O. The number of piperazine rings is 1. The molecule has 1 aliphatic heterocycles. The molecule has 14 nitrogen and oxygen atoms in total. The van der Waals surface area contributed by atoms with Gasteiger partial charge in [0.25, 0.3) is 10.3 Å². The van der Waals surface area contributed by atoms with Crippen molar-refractivity contribution < 1.29 is 52.8 Å². The van der Waals surface area contributed by atoms with Crippen LogP contribution in [0.1, 0.15) is 34.8 Å². The number of carbonyl (C=O) groups is 1. The number of rotatable bonds is 8. The summed E-state index contributed by atoms with van der Waals surface area (Å²) in [5, 5.41) is 16.1. The third-order valence-corrected chi connectivity index (χ3v) is 11.7. The Kier molecular flexibility index (Phi) is 8.51. The van der Waals surface area contributed by atoms with Crippen molar-refractivity contribution in [2.75, 3.05) is 31.1 Å². The van der Waals surface area contributed by atoms with Crippen LogP contribution in [0.5, 0.6) is 5.75 Å². The van der Waals surface area contributed by atoms with Crippen LogP contribution in [0.4, 0.5) is 10.1 Å². The summed E-state index contributed by atoms with van der Waals surface area (Å²) < 4.78 is 45.9. The van der Waals surface area contributed by atoms with Crippen LogP contribution in [0.2, 0.25) is 0 Å².